The largest absolute Gasteiger partial charge is 0.503 e. The number of para-hydroxylation sites is 1. The number of rotatable bonds is 6. The van der Waals surface area contributed by atoms with E-state index in [1.54, 1.807) is 43.3 Å². The highest BCUT2D eigenvalue weighted by molar-refractivity contribution is 7.17. The van der Waals surface area contributed by atoms with Crippen molar-refractivity contribution < 1.29 is 38.2 Å². The molecule has 0 spiro atoms. The van der Waals surface area contributed by atoms with Crippen LogP contribution in [0.25, 0.3) is 11.0 Å². The van der Waals surface area contributed by atoms with Crippen molar-refractivity contribution in [2.45, 2.75) is 13.0 Å². The molecular weight excluding hydrogens is 512 g/mol. The van der Waals surface area contributed by atoms with E-state index in [9.17, 15) is 24.3 Å². The Labute approximate surface area is 219 Å². The fraction of sp³-hybridized carbons (Fsp3) is 0.148. The number of fused-ring (bicyclic) bond motifs is 1. The van der Waals surface area contributed by atoms with E-state index >= 15 is 0 Å². The van der Waals surface area contributed by atoms with Crippen molar-refractivity contribution >= 4 is 51.1 Å². The van der Waals surface area contributed by atoms with Crippen LogP contribution >= 0.6 is 11.3 Å². The highest BCUT2D eigenvalue weighted by atomic mass is 32.1. The summed E-state index contributed by atoms with van der Waals surface area (Å²) >= 11 is 0.892. The molecule has 192 valence electrons. The van der Waals surface area contributed by atoms with Gasteiger partial charge in [0.15, 0.2) is 16.7 Å². The van der Waals surface area contributed by atoms with E-state index in [0.29, 0.717) is 22.2 Å². The monoisotopic (exact) mass is 532 g/mol. The molecule has 1 atom stereocenters. The number of carbonyl (C=O) groups excluding carboxylic acids is 4. The number of aromatic nitrogens is 1. The maximum Gasteiger partial charge on any atom is 0.350 e. The lowest BCUT2D eigenvalue weighted by Crippen LogP contribution is -2.31. The minimum absolute atomic E-state index is 0.0656. The molecule has 0 aliphatic carbocycles. The third-order valence-electron chi connectivity index (χ3n) is 6.11. The summed E-state index contributed by atoms with van der Waals surface area (Å²) < 4.78 is 15.3. The number of furan rings is 1. The van der Waals surface area contributed by atoms with Crippen molar-refractivity contribution in [2.24, 2.45) is 0 Å². The zero-order valence-corrected chi connectivity index (χ0v) is 21.2. The van der Waals surface area contributed by atoms with Gasteiger partial charge in [0.05, 0.1) is 37.1 Å². The lowest BCUT2D eigenvalue weighted by atomic mass is 9.94. The highest BCUT2D eigenvalue weighted by Crippen LogP contribution is 2.44. The van der Waals surface area contributed by atoms with E-state index in [1.807, 2.05) is 0 Å². The molecule has 1 unspecified atom stereocenters. The summed E-state index contributed by atoms with van der Waals surface area (Å²) in [6, 6.07) is 13.5. The number of ether oxygens (including phenoxy) is 2. The highest BCUT2D eigenvalue weighted by Gasteiger charge is 2.47. The molecule has 0 saturated heterocycles. The Kier molecular flexibility index (Phi) is 6.29. The van der Waals surface area contributed by atoms with Crippen molar-refractivity contribution in [1.82, 2.24) is 4.98 Å². The van der Waals surface area contributed by atoms with Gasteiger partial charge in [-0.3, -0.25) is 14.5 Å². The van der Waals surface area contributed by atoms with Gasteiger partial charge in [0.1, 0.15) is 10.5 Å². The van der Waals surface area contributed by atoms with Gasteiger partial charge in [0.25, 0.3) is 5.91 Å². The number of nitrogens with zero attached hydrogens (tertiary/aromatic N) is 2. The second kappa shape index (κ2) is 9.60. The second-order valence-corrected chi connectivity index (χ2v) is 9.31. The van der Waals surface area contributed by atoms with Gasteiger partial charge in [-0.25, -0.2) is 14.6 Å². The van der Waals surface area contributed by atoms with Crippen molar-refractivity contribution in [2.75, 3.05) is 19.1 Å². The number of esters is 2. The first kappa shape index (κ1) is 24.9. The number of methoxy groups -OCH3 is 2. The SMILES string of the molecule is COC(=O)c1ccc(C2C(C(=O)c3cc4ccccc4o3)=C(O)C(=O)N2c2nc(C)c(C(=O)OC)s2)cc1. The van der Waals surface area contributed by atoms with Crippen molar-refractivity contribution in [3.63, 3.8) is 0 Å². The van der Waals surface area contributed by atoms with E-state index in [4.69, 9.17) is 13.9 Å². The van der Waals surface area contributed by atoms with Gasteiger partial charge in [-0.2, -0.15) is 0 Å². The zero-order chi connectivity index (χ0) is 27.1. The van der Waals surface area contributed by atoms with Gasteiger partial charge >= 0.3 is 11.9 Å². The Morgan fingerprint density at radius 3 is 2.37 bits per heavy atom. The van der Waals surface area contributed by atoms with Crippen molar-refractivity contribution in [1.29, 1.82) is 0 Å². The van der Waals surface area contributed by atoms with Crippen LogP contribution in [0.5, 0.6) is 0 Å². The number of Topliss-reactive ketones (excluding diaryl/α,β-unsaturated/α-hetero) is 1. The minimum Gasteiger partial charge on any atom is -0.503 e. The third-order valence-corrected chi connectivity index (χ3v) is 7.25. The Balaban J connectivity index is 1.65. The zero-order valence-electron chi connectivity index (χ0n) is 20.4. The molecule has 1 aliphatic heterocycles. The predicted octanol–water partition coefficient (Wildman–Crippen LogP) is 4.55. The molecule has 4 aromatic rings. The molecule has 0 bridgehead atoms. The van der Waals surface area contributed by atoms with Gasteiger partial charge in [0.2, 0.25) is 5.78 Å². The fourth-order valence-corrected chi connectivity index (χ4v) is 5.27. The molecule has 1 N–H and O–H groups in total. The summed E-state index contributed by atoms with van der Waals surface area (Å²) in [6.07, 6.45) is 0. The number of thiazole rings is 1. The van der Waals surface area contributed by atoms with Gasteiger partial charge in [-0.15, -0.1) is 0 Å². The average molecular weight is 533 g/mol. The van der Waals surface area contributed by atoms with Crippen LogP contribution in [0.15, 0.2) is 70.3 Å². The minimum atomic E-state index is -1.13. The first-order valence-electron chi connectivity index (χ1n) is 11.3. The number of aliphatic hydroxyl groups is 1. The van der Waals surface area contributed by atoms with Crippen LogP contribution in [0, 0.1) is 6.92 Å². The number of ketones is 1. The number of hydrogen-bond donors (Lipinski definition) is 1. The van der Waals surface area contributed by atoms with Crippen molar-refractivity contribution in [3.8, 4) is 0 Å². The van der Waals surface area contributed by atoms with Crippen LogP contribution in [0.4, 0.5) is 5.13 Å². The van der Waals surface area contributed by atoms with Crippen LogP contribution in [0.1, 0.15) is 47.9 Å². The lowest BCUT2D eigenvalue weighted by Gasteiger charge is -2.24. The molecule has 1 amide bonds. The Morgan fingerprint density at radius 1 is 1.03 bits per heavy atom. The second-order valence-electron chi connectivity index (χ2n) is 8.33. The van der Waals surface area contributed by atoms with Crippen LogP contribution in [0.3, 0.4) is 0 Å². The molecule has 0 radical (unpaired) electrons. The average Bonchev–Trinajstić information content (AvgIpc) is 3.61. The first-order valence-corrected chi connectivity index (χ1v) is 12.1. The van der Waals surface area contributed by atoms with E-state index in [0.717, 1.165) is 16.2 Å². The molecule has 38 heavy (non-hydrogen) atoms. The van der Waals surface area contributed by atoms with Crippen LogP contribution in [-0.2, 0) is 14.3 Å². The Hall–Kier alpha value is -4.77. The molecule has 11 heteroatoms. The topological polar surface area (TPSA) is 136 Å². The molecular formula is C27H20N2O8S. The first-order chi connectivity index (χ1) is 18.2. The lowest BCUT2D eigenvalue weighted by molar-refractivity contribution is -0.117. The molecule has 1 aliphatic rings. The van der Waals surface area contributed by atoms with E-state index in [2.05, 4.69) is 4.98 Å². The summed E-state index contributed by atoms with van der Waals surface area (Å²) in [7, 11) is 2.48. The maximum absolute atomic E-state index is 13.7. The molecule has 2 aromatic heterocycles. The van der Waals surface area contributed by atoms with Crippen molar-refractivity contribution in [3.05, 3.63) is 93.4 Å². The molecule has 5 rings (SSSR count). The predicted molar refractivity (Wildman–Crippen MR) is 136 cm³/mol. The van der Waals surface area contributed by atoms with E-state index < -0.39 is 35.4 Å². The Bertz CT molecular complexity index is 1610. The molecule has 0 fully saturated rings. The number of amides is 1. The number of aliphatic hydroxyl groups excluding tert-OH is 1. The maximum atomic E-state index is 13.7. The third kappa shape index (κ3) is 4.02. The van der Waals surface area contributed by atoms with Gasteiger partial charge in [-0.1, -0.05) is 41.7 Å². The summed E-state index contributed by atoms with van der Waals surface area (Å²) in [5, 5.41) is 11.7. The summed E-state index contributed by atoms with van der Waals surface area (Å²) in [4.78, 5) is 57.0. The van der Waals surface area contributed by atoms with E-state index in [-0.39, 0.29) is 26.9 Å². The van der Waals surface area contributed by atoms with Crippen LogP contribution < -0.4 is 4.90 Å². The molecule has 0 saturated carbocycles. The standard InChI is InChI=1S/C27H20N2O8S/c1-13-23(26(34)36-3)38-27(28-13)29-20(14-8-10-15(11-9-14)25(33)35-2)19(22(31)24(29)32)21(30)18-12-16-6-4-5-7-17(16)37-18/h4-12,20,31H,1-3H3. The van der Waals surface area contributed by atoms with Gasteiger partial charge < -0.3 is 19.0 Å². The molecule has 10 nitrogen and oxygen atoms in total. The smallest absolute Gasteiger partial charge is 0.350 e. The van der Waals surface area contributed by atoms with E-state index in [1.165, 1.54) is 32.4 Å². The van der Waals surface area contributed by atoms with Gasteiger partial charge in [0, 0.05) is 5.39 Å². The number of benzene rings is 2. The normalized spacial score (nSPS) is 15.3. The van der Waals surface area contributed by atoms with Gasteiger partial charge in [-0.05, 0) is 36.8 Å². The number of carbonyl (C=O) groups is 4. The summed E-state index contributed by atoms with van der Waals surface area (Å²) in [6.45, 7) is 1.58. The number of anilines is 1. The number of aryl methyl sites for hydroxylation is 1. The van der Waals surface area contributed by atoms with Crippen LogP contribution in [0.2, 0.25) is 0 Å². The van der Waals surface area contributed by atoms with Crippen LogP contribution in [-0.4, -0.2) is 47.9 Å². The number of hydrogen-bond acceptors (Lipinski definition) is 10. The Morgan fingerprint density at radius 2 is 1.71 bits per heavy atom. The quantitative estimate of drug-likeness (QED) is 0.280. The molecule has 3 heterocycles. The fourth-order valence-electron chi connectivity index (χ4n) is 4.26. The summed E-state index contributed by atoms with van der Waals surface area (Å²) in [5.41, 5.74) is 1.22. The summed E-state index contributed by atoms with van der Waals surface area (Å²) in [5.74, 6) is -3.61. The molecule has 2 aromatic carbocycles.